The van der Waals surface area contributed by atoms with Crippen LogP contribution in [0.2, 0.25) is 0 Å². The van der Waals surface area contributed by atoms with Crippen LogP contribution in [0.1, 0.15) is 43.4 Å². The van der Waals surface area contributed by atoms with Crippen LogP contribution in [0.15, 0.2) is 78.1 Å². The van der Waals surface area contributed by atoms with Crippen LogP contribution < -0.4 is 10.1 Å². The first-order chi connectivity index (χ1) is 18.2. The van der Waals surface area contributed by atoms with Crippen molar-refractivity contribution in [3.8, 4) is 5.88 Å². The Morgan fingerprint density at radius 2 is 1.92 bits per heavy atom. The average Bonchev–Trinajstić information content (AvgIpc) is 2.88. The van der Waals surface area contributed by atoms with Gasteiger partial charge in [0.15, 0.2) is 0 Å². The van der Waals surface area contributed by atoms with Crippen molar-refractivity contribution in [3.63, 3.8) is 0 Å². The average molecular weight is 517 g/mol. The summed E-state index contributed by atoms with van der Waals surface area (Å²) in [5.41, 5.74) is 4.03. The van der Waals surface area contributed by atoms with Crippen molar-refractivity contribution < 1.29 is 19.2 Å². The molecule has 1 N–H and O–H groups in total. The molecule has 1 unspecified atom stereocenters. The second-order valence-corrected chi connectivity index (χ2v) is 9.55. The van der Waals surface area contributed by atoms with Gasteiger partial charge in [-0.15, -0.1) is 0 Å². The van der Waals surface area contributed by atoms with Gasteiger partial charge in [-0.25, -0.2) is 9.78 Å². The van der Waals surface area contributed by atoms with Gasteiger partial charge in [-0.05, 0) is 45.0 Å². The van der Waals surface area contributed by atoms with E-state index in [9.17, 15) is 14.9 Å². The highest BCUT2D eigenvalue weighted by molar-refractivity contribution is 5.95. The minimum absolute atomic E-state index is 0.0642. The highest BCUT2D eigenvalue weighted by Gasteiger charge is 2.37. The van der Waals surface area contributed by atoms with Gasteiger partial charge in [-0.2, -0.15) is 0 Å². The van der Waals surface area contributed by atoms with Gasteiger partial charge in [-0.3, -0.25) is 15.0 Å². The number of nitrogens with one attached hydrogen (secondary N) is 1. The van der Waals surface area contributed by atoms with E-state index >= 15 is 0 Å². The fourth-order valence-corrected chi connectivity index (χ4v) is 4.56. The Morgan fingerprint density at radius 1 is 1.16 bits per heavy atom. The van der Waals surface area contributed by atoms with Gasteiger partial charge in [0.2, 0.25) is 5.88 Å². The topological polar surface area (TPSA) is 107 Å². The minimum Gasteiger partial charge on any atom is -0.475 e. The lowest BCUT2D eigenvalue weighted by Gasteiger charge is -2.31. The Morgan fingerprint density at radius 3 is 2.63 bits per heavy atom. The summed E-state index contributed by atoms with van der Waals surface area (Å²) in [7, 11) is 1.97. The number of benzene rings is 2. The van der Waals surface area contributed by atoms with E-state index in [2.05, 4.69) is 27.3 Å². The van der Waals surface area contributed by atoms with Crippen LogP contribution in [0.5, 0.6) is 5.88 Å². The van der Waals surface area contributed by atoms with E-state index < -0.39 is 16.8 Å². The Bertz CT molecular complexity index is 1340. The van der Waals surface area contributed by atoms with Crippen LogP contribution in [0, 0.1) is 10.1 Å². The van der Waals surface area contributed by atoms with Gasteiger partial charge in [0, 0.05) is 48.4 Å². The smallest absolute Gasteiger partial charge is 0.336 e. The van der Waals surface area contributed by atoms with Gasteiger partial charge >= 0.3 is 5.97 Å². The van der Waals surface area contributed by atoms with E-state index in [1.807, 2.05) is 39.1 Å². The molecular formula is C29H32N4O5. The molecule has 0 bridgehead atoms. The number of ether oxygens (including phenoxy) is 2. The summed E-state index contributed by atoms with van der Waals surface area (Å²) < 4.78 is 11.8. The molecule has 0 radical (unpaired) electrons. The highest BCUT2D eigenvalue weighted by Crippen LogP contribution is 2.46. The molecular weight excluding hydrogens is 484 g/mol. The predicted octanol–water partition coefficient (Wildman–Crippen LogP) is 5.28. The molecule has 4 rings (SSSR count). The Balaban J connectivity index is 1.63. The summed E-state index contributed by atoms with van der Waals surface area (Å²) >= 11 is 0. The fourth-order valence-electron chi connectivity index (χ4n) is 4.56. The maximum atomic E-state index is 13.6. The fraction of sp³-hybridized carbons (Fsp3) is 0.310. The molecule has 0 spiro atoms. The second kappa shape index (κ2) is 11.9. The van der Waals surface area contributed by atoms with Crippen LogP contribution in [0.4, 0.5) is 11.4 Å². The van der Waals surface area contributed by atoms with Crippen LogP contribution in [0.25, 0.3) is 0 Å². The highest BCUT2D eigenvalue weighted by atomic mass is 16.6. The summed E-state index contributed by atoms with van der Waals surface area (Å²) in [4.78, 5) is 31.2. The normalized spacial score (nSPS) is 14.7. The lowest BCUT2D eigenvalue weighted by Crippen LogP contribution is -2.28. The number of carbonyl (C=O) groups is 1. The molecule has 1 atom stereocenters. The van der Waals surface area contributed by atoms with Crippen LogP contribution in [0.3, 0.4) is 0 Å². The quantitative estimate of drug-likeness (QED) is 0.220. The number of carbonyl (C=O) groups excluding carboxylic acids is 1. The molecule has 198 valence electrons. The molecule has 2 heterocycles. The third-order valence-corrected chi connectivity index (χ3v) is 6.24. The Hall–Kier alpha value is -4.24. The molecule has 1 aromatic heterocycles. The van der Waals surface area contributed by atoms with Gasteiger partial charge < -0.3 is 14.8 Å². The van der Waals surface area contributed by atoms with Crippen molar-refractivity contribution in [2.24, 2.45) is 0 Å². The van der Waals surface area contributed by atoms with E-state index in [0.717, 1.165) is 12.2 Å². The first-order valence-electron chi connectivity index (χ1n) is 12.5. The van der Waals surface area contributed by atoms with E-state index in [1.165, 1.54) is 17.7 Å². The molecule has 9 nitrogen and oxygen atoms in total. The number of nitro benzene ring substituents is 1. The number of likely N-dealkylation sites (N-methyl/N-ethyl adjacent to an activating group) is 1. The lowest BCUT2D eigenvalue weighted by atomic mass is 9.81. The van der Waals surface area contributed by atoms with E-state index in [1.54, 1.807) is 31.3 Å². The predicted molar refractivity (Wildman–Crippen MR) is 145 cm³/mol. The number of hydrogen-bond acceptors (Lipinski definition) is 8. The summed E-state index contributed by atoms with van der Waals surface area (Å²) in [6, 6.07) is 18.2. The number of fused-ring (bicyclic) bond motifs is 1. The van der Waals surface area contributed by atoms with E-state index in [-0.39, 0.29) is 18.4 Å². The first-order valence-corrected chi connectivity index (χ1v) is 12.5. The molecule has 38 heavy (non-hydrogen) atoms. The Kier molecular flexibility index (Phi) is 8.38. The van der Waals surface area contributed by atoms with Crippen molar-refractivity contribution in [2.45, 2.75) is 39.3 Å². The zero-order valence-corrected chi connectivity index (χ0v) is 22.0. The molecule has 0 amide bonds. The largest absolute Gasteiger partial charge is 0.475 e. The summed E-state index contributed by atoms with van der Waals surface area (Å²) in [5.74, 6) is -0.797. The number of allylic oxidation sites excluding steroid dienone is 1. The maximum Gasteiger partial charge on any atom is 0.336 e. The number of nitrogens with zero attached hydrogens (tertiary/aromatic N) is 3. The van der Waals surface area contributed by atoms with Crippen molar-refractivity contribution in [2.75, 3.05) is 25.5 Å². The van der Waals surface area contributed by atoms with Crippen molar-refractivity contribution >= 4 is 17.3 Å². The van der Waals surface area contributed by atoms with E-state index in [0.29, 0.717) is 34.8 Å². The zero-order valence-electron chi connectivity index (χ0n) is 22.0. The molecule has 0 aliphatic carbocycles. The molecule has 9 heteroatoms. The number of non-ortho nitro benzene ring substituents is 1. The lowest BCUT2D eigenvalue weighted by molar-refractivity contribution is -0.384. The Labute approximate surface area is 222 Å². The zero-order chi connectivity index (χ0) is 27.2. The third-order valence-electron chi connectivity index (χ3n) is 6.24. The van der Waals surface area contributed by atoms with Gasteiger partial charge in [0.1, 0.15) is 6.61 Å². The monoisotopic (exact) mass is 516 g/mol. The standard InChI is InChI=1S/C29H32N4O5/c1-19(2)38-28-27-24(13-14-30-28)31-20(3)25(26(27)22-11-8-12-23(17-22)33(35)36)29(34)37-16-15-32(4)18-21-9-6-5-7-10-21/h5-14,17,19,26,31H,15-16,18H2,1-4H3. The molecule has 1 aliphatic rings. The number of esters is 1. The van der Waals surface area contributed by atoms with Crippen LogP contribution >= 0.6 is 0 Å². The van der Waals surface area contributed by atoms with Crippen molar-refractivity contribution in [1.29, 1.82) is 0 Å². The minimum atomic E-state index is -0.664. The number of aromatic nitrogens is 1. The maximum absolute atomic E-state index is 13.6. The number of anilines is 1. The third kappa shape index (κ3) is 6.18. The first kappa shape index (κ1) is 26.8. The van der Waals surface area contributed by atoms with Gasteiger partial charge in [0.05, 0.1) is 22.5 Å². The molecule has 0 saturated carbocycles. The number of hydrogen-bond donors (Lipinski definition) is 1. The van der Waals surface area contributed by atoms with Crippen LogP contribution in [-0.4, -0.2) is 47.1 Å². The number of rotatable bonds is 10. The SMILES string of the molecule is CC1=C(C(=O)OCCN(C)Cc2ccccc2)C(c2cccc([N+](=O)[O-])c2)c2c(ccnc2OC(C)C)N1. The van der Waals surface area contributed by atoms with Crippen molar-refractivity contribution in [1.82, 2.24) is 9.88 Å². The second-order valence-electron chi connectivity index (χ2n) is 9.55. The van der Waals surface area contributed by atoms with Gasteiger partial charge in [0.25, 0.3) is 5.69 Å². The van der Waals surface area contributed by atoms with E-state index in [4.69, 9.17) is 9.47 Å². The van der Waals surface area contributed by atoms with Gasteiger partial charge in [-0.1, -0.05) is 42.5 Å². The summed E-state index contributed by atoms with van der Waals surface area (Å²) in [6.07, 6.45) is 1.47. The molecule has 2 aromatic carbocycles. The molecule has 1 aliphatic heterocycles. The summed E-state index contributed by atoms with van der Waals surface area (Å²) in [6.45, 7) is 7.04. The van der Waals surface area contributed by atoms with Crippen LogP contribution in [-0.2, 0) is 16.1 Å². The molecule has 0 saturated heterocycles. The molecule has 3 aromatic rings. The summed E-state index contributed by atoms with van der Waals surface area (Å²) in [5, 5.41) is 14.8. The number of nitro groups is 1. The van der Waals surface area contributed by atoms with Crippen molar-refractivity contribution in [3.05, 3.63) is 105 Å². The molecule has 0 fully saturated rings. The number of pyridine rings is 1.